The first kappa shape index (κ1) is 11.2. The fourth-order valence-electron chi connectivity index (χ4n) is 1.70. The molecule has 1 aromatic carbocycles. The van der Waals surface area contributed by atoms with Gasteiger partial charge in [-0.1, -0.05) is 29.8 Å². The van der Waals surface area contributed by atoms with Crippen LogP contribution in [0.5, 0.6) is 0 Å². The maximum absolute atomic E-state index is 12.0. The molecule has 0 fully saturated rings. The Bertz CT molecular complexity index is 564. The van der Waals surface area contributed by atoms with Gasteiger partial charge in [-0.2, -0.15) is 5.26 Å². The summed E-state index contributed by atoms with van der Waals surface area (Å²) in [4.78, 5) is 12.0. The van der Waals surface area contributed by atoms with E-state index in [0.717, 1.165) is 5.56 Å². The average Bonchev–Trinajstić information content (AvgIpc) is 2.83. The van der Waals surface area contributed by atoms with E-state index in [1.807, 2.05) is 31.2 Å². The summed E-state index contributed by atoms with van der Waals surface area (Å²) in [7, 11) is 0. The molecule has 1 heterocycles. The van der Waals surface area contributed by atoms with Gasteiger partial charge in [0.25, 0.3) is 0 Å². The SMILES string of the molecule is Cc1cccc(C(C#N)C(=O)c2ccco2)c1. The molecule has 0 bridgehead atoms. The normalized spacial score (nSPS) is 11.8. The monoisotopic (exact) mass is 225 g/mol. The van der Waals surface area contributed by atoms with Gasteiger partial charge in [0, 0.05) is 0 Å². The molecule has 1 aromatic heterocycles. The van der Waals surface area contributed by atoms with Gasteiger partial charge in [0.1, 0.15) is 5.92 Å². The van der Waals surface area contributed by atoms with Crippen LogP contribution in [0.2, 0.25) is 0 Å². The summed E-state index contributed by atoms with van der Waals surface area (Å²) in [6.45, 7) is 1.93. The molecule has 0 aliphatic carbocycles. The predicted molar refractivity (Wildman–Crippen MR) is 62.6 cm³/mol. The third-order valence-corrected chi connectivity index (χ3v) is 2.53. The number of rotatable bonds is 3. The second kappa shape index (κ2) is 4.67. The molecule has 3 nitrogen and oxygen atoms in total. The Balaban J connectivity index is 2.35. The van der Waals surface area contributed by atoms with Crippen LogP contribution in [0.25, 0.3) is 0 Å². The first-order valence-corrected chi connectivity index (χ1v) is 5.26. The van der Waals surface area contributed by atoms with Crippen LogP contribution in [0, 0.1) is 18.3 Å². The van der Waals surface area contributed by atoms with Crippen LogP contribution in [0.4, 0.5) is 0 Å². The summed E-state index contributed by atoms with van der Waals surface area (Å²) < 4.78 is 5.03. The third kappa shape index (κ3) is 2.26. The smallest absolute Gasteiger partial charge is 0.219 e. The van der Waals surface area contributed by atoms with Crippen LogP contribution in [-0.4, -0.2) is 5.78 Å². The van der Waals surface area contributed by atoms with Gasteiger partial charge in [-0.05, 0) is 24.6 Å². The number of aryl methyl sites for hydroxylation is 1. The van der Waals surface area contributed by atoms with Crippen LogP contribution < -0.4 is 0 Å². The molecule has 0 aliphatic rings. The van der Waals surface area contributed by atoms with Gasteiger partial charge in [-0.3, -0.25) is 4.79 Å². The van der Waals surface area contributed by atoms with Crippen molar-refractivity contribution in [3.05, 3.63) is 59.5 Å². The van der Waals surface area contributed by atoms with E-state index in [1.54, 1.807) is 18.2 Å². The molecule has 0 spiro atoms. The number of carbonyl (C=O) groups excluding carboxylic acids is 1. The standard InChI is InChI=1S/C14H11NO2/c1-10-4-2-5-11(8-10)12(9-15)14(16)13-6-3-7-17-13/h2-8,12H,1H3. The Morgan fingerprint density at radius 3 is 2.76 bits per heavy atom. The van der Waals surface area contributed by atoms with Crippen molar-refractivity contribution in [2.45, 2.75) is 12.8 Å². The highest BCUT2D eigenvalue weighted by atomic mass is 16.3. The number of benzene rings is 1. The first-order valence-electron chi connectivity index (χ1n) is 5.26. The summed E-state index contributed by atoms with van der Waals surface area (Å²) in [5.41, 5.74) is 1.73. The predicted octanol–water partition coefficient (Wildman–Crippen LogP) is 3.08. The fraction of sp³-hybridized carbons (Fsp3) is 0.143. The zero-order valence-electron chi connectivity index (χ0n) is 9.38. The van der Waals surface area contributed by atoms with E-state index in [2.05, 4.69) is 0 Å². The minimum absolute atomic E-state index is 0.220. The van der Waals surface area contributed by atoms with Gasteiger partial charge in [-0.15, -0.1) is 0 Å². The molecule has 1 unspecified atom stereocenters. The van der Waals surface area contributed by atoms with Crippen molar-refractivity contribution in [2.75, 3.05) is 0 Å². The molecular weight excluding hydrogens is 214 g/mol. The van der Waals surface area contributed by atoms with Gasteiger partial charge in [0.15, 0.2) is 5.76 Å². The molecule has 0 aliphatic heterocycles. The Hall–Kier alpha value is -2.34. The van der Waals surface area contributed by atoms with E-state index in [4.69, 9.17) is 9.68 Å². The largest absolute Gasteiger partial charge is 0.461 e. The molecule has 84 valence electrons. The van der Waals surface area contributed by atoms with Crippen molar-refractivity contribution in [2.24, 2.45) is 0 Å². The minimum Gasteiger partial charge on any atom is -0.461 e. The number of hydrogen-bond acceptors (Lipinski definition) is 3. The van der Waals surface area contributed by atoms with Crippen LogP contribution in [0.1, 0.15) is 27.6 Å². The highest BCUT2D eigenvalue weighted by molar-refractivity contribution is 6.00. The van der Waals surface area contributed by atoms with Crippen LogP contribution in [-0.2, 0) is 0 Å². The lowest BCUT2D eigenvalue weighted by atomic mass is 9.94. The van der Waals surface area contributed by atoms with Crippen molar-refractivity contribution in [3.8, 4) is 6.07 Å². The molecule has 17 heavy (non-hydrogen) atoms. The molecule has 1 atom stereocenters. The molecular formula is C14H11NO2. The van der Waals surface area contributed by atoms with Crippen molar-refractivity contribution in [3.63, 3.8) is 0 Å². The number of nitriles is 1. The molecule has 0 saturated carbocycles. The number of ketones is 1. The Labute approximate surface area is 99.3 Å². The number of Topliss-reactive ketones (excluding diaryl/α,β-unsaturated/α-hetero) is 1. The Kier molecular flexibility index (Phi) is 3.06. The summed E-state index contributed by atoms with van der Waals surface area (Å²) >= 11 is 0. The molecule has 2 aromatic rings. The highest BCUT2D eigenvalue weighted by Crippen LogP contribution is 2.21. The van der Waals surface area contributed by atoms with E-state index in [9.17, 15) is 4.79 Å². The van der Waals surface area contributed by atoms with Crippen molar-refractivity contribution >= 4 is 5.78 Å². The van der Waals surface area contributed by atoms with E-state index >= 15 is 0 Å². The number of furan rings is 1. The van der Waals surface area contributed by atoms with Crippen molar-refractivity contribution < 1.29 is 9.21 Å². The lowest BCUT2D eigenvalue weighted by molar-refractivity contribution is 0.0952. The van der Waals surface area contributed by atoms with Crippen molar-refractivity contribution in [1.82, 2.24) is 0 Å². The lowest BCUT2D eigenvalue weighted by Gasteiger charge is -2.07. The summed E-state index contributed by atoms with van der Waals surface area (Å²) in [6, 6.07) is 12.6. The second-order valence-electron chi connectivity index (χ2n) is 3.82. The summed E-state index contributed by atoms with van der Waals surface area (Å²) in [6.07, 6.45) is 1.43. The maximum Gasteiger partial charge on any atom is 0.219 e. The zero-order valence-corrected chi connectivity index (χ0v) is 9.38. The molecule has 3 heteroatoms. The Morgan fingerprint density at radius 1 is 1.35 bits per heavy atom. The van der Waals surface area contributed by atoms with Gasteiger partial charge in [0.2, 0.25) is 5.78 Å². The van der Waals surface area contributed by atoms with Gasteiger partial charge < -0.3 is 4.42 Å². The van der Waals surface area contributed by atoms with Crippen LogP contribution >= 0.6 is 0 Å². The summed E-state index contributed by atoms with van der Waals surface area (Å²) in [5, 5.41) is 9.13. The summed E-state index contributed by atoms with van der Waals surface area (Å²) in [5.74, 6) is -0.887. The molecule has 0 amide bonds. The quantitative estimate of drug-likeness (QED) is 0.754. The zero-order chi connectivity index (χ0) is 12.3. The van der Waals surface area contributed by atoms with E-state index in [-0.39, 0.29) is 11.5 Å². The maximum atomic E-state index is 12.0. The molecule has 2 rings (SSSR count). The Morgan fingerprint density at radius 2 is 2.18 bits per heavy atom. The second-order valence-corrected chi connectivity index (χ2v) is 3.82. The first-order chi connectivity index (χ1) is 8.22. The average molecular weight is 225 g/mol. The number of nitrogens with zero attached hydrogens (tertiary/aromatic N) is 1. The van der Waals surface area contributed by atoms with E-state index in [1.165, 1.54) is 6.26 Å². The highest BCUT2D eigenvalue weighted by Gasteiger charge is 2.23. The fourth-order valence-corrected chi connectivity index (χ4v) is 1.70. The van der Waals surface area contributed by atoms with E-state index in [0.29, 0.717) is 5.56 Å². The number of carbonyl (C=O) groups is 1. The van der Waals surface area contributed by atoms with Gasteiger partial charge >= 0.3 is 0 Å². The van der Waals surface area contributed by atoms with Gasteiger partial charge in [-0.25, -0.2) is 0 Å². The minimum atomic E-state index is -0.805. The molecule has 0 saturated heterocycles. The van der Waals surface area contributed by atoms with Crippen LogP contribution in [0.3, 0.4) is 0 Å². The number of hydrogen-bond donors (Lipinski definition) is 0. The van der Waals surface area contributed by atoms with Crippen LogP contribution in [0.15, 0.2) is 47.1 Å². The molecule has 0 radical (unpaired) electrons. The third-order valence-electron chi connectivity index (χ3n) is 2.53. The van der Waals surface area contributed by atoms with E-state index < -0.39 is 5.92 Å². The topological polar surface area (TPSA) is 54.0 Å². The van der Waals surface area contributed by atoms with Crippen molar-refractivity contribution in [1.29, 1.82) is 5.26 Å². The van der Waals surface area contributed by atoms with Gasteiger partial charge in [0.05, 0.1) is 12.3 Å². The molecule has 0 N–H and O–H groups in total. The lowest BCUT2D eigenvalue weighted by Crippen LogP contribution is -2.10.